The summed E-state index contributed by atoms with van der Waals surface area (Å²) in [5.74, 6) is -1.21. The van der Waals surface area contributed by atoms with Gasteiger partial charge in [0.05, 0.1) is 33.9 Å². The number of nitro benzene ring substituents is 1. The number of non-ortho nitro benzene ring substituents is 1. The topological polar surface area (TPSA) is 357 Å². The molecule has 24 nitrogen and oxygen atoms in total. The Morgan fingerprint density at radius 1 is 0.804 bits per heavy atom. The summed E-state index contributed by atoms with van der Waals surface area (Å²) in [7, 11) is -13.6. The lowest BCUT2D eigenvalue weighted by Crippen LogP contribution is -2.08. The Kier molecular flexibility index (Phi) is 12.4. The van der Waals surface area contributed by atoms with E-state index in [0.717, 1.165) is 36.0 Å². The average molecular weight is 870 g/mol. The highest BCUT2D eigenvalue weighted by Crippen LogP contribution is 2.60. The number of nitrogens with one attached hydrogen (secondary N) is 2. The van der Waals surface area contributed by atoms with Crippen molar-refractivity contribution in [2.75, 3.05) is 23.0 Å². The molecule has 0 aliphatic heterocycles. The Hall–Kier alpha value is -5.88. The monoisotopic (exact) mass is 869 g/mol. The lowest BCUT2D eigenvalue weighted by atomic mass is 10.1. The molecule has 0 unspecified atom stereocenters. The number of nitro groups is 1. The van der Waals surface area contributed by atoms with Crippen LogP contribution in [0.5, 0.6) is 5.75 Å². The minimum Gasteiger partial charge on any atom is -0.505 e. The van der Waals surface area contributed by atoms with Gasteiger partial charge in [-0.05, 0) is 60.1 Å². The van der Waals surface area contributed by atoms with Gasteiger partial charge < -0.3 is 15.7 Å². The molecule has 0 fully saturated rings. The number of aromatic hydroxyl groups is 1. The molecule has 1 heterocycles. The number of benzene rings is 4. The van der Waals surface area contributed by atoms with E-state index in [-0.39, 0.29) is 61.0 Å². The van der Waals surface area contributed by atoms with E-state index in [1.165, 1.54) is 42.5 Å². The maximum absolute atomic E-state index is 12.3. The van der Waals surface area contributed by atoms with Gasteiger partial charge >= 0.3 is 10.4 Å². The van der Waals surface area contributed by atoms with Crippen LogP contribution in [0.15, 0.2) is 105 Å². The summed E-state index contributed by atoms with van der Waals surface area (Å²) < 4.78 is 76.6. The summed E-state index contributed by atoms with van der Waals surface area (Å²) in [6.07, 6.45) is 0. The number of azo groups is 1. The lowest BCUT2D eigenvalue weighted by molar-refractivity contribution is -0.384. The number of aromatic nitrogens is 3. The van der Waals surface area contributed by atoms with Crippen LogP contribution in [-0.2, 0) is 24.7 Å². The van der Waals surface area contributed by atoms with Gasteiger partial charge in [-0.15, -0.1) is 36.7 Å². The number of hydrogen-bond acceptors (Lipinski definition) is 22. The van der Waals surface area contributed by atoms with Gasteiger partial charge in [0, 0.05) is 46.9 Å². The number of fused-ring (bicyclic) bond motifs is 1. The normalized spacial score (nSPS) is 12.3. The van der Waals surface area contributed by atoms with Gasteiger partial charge in [-0.3, -0.25) is 19.2 Å². The van der Waals surface area contributed by atoms with Gasteiger partial charge in [0.25, 0.3) is 15.8 Å². The first kappa shape index (κ1) is 41.3. The molecule has 1 aromatic heterocycles. The molecule has 5 N–H and O–H groups in total. The zero-order valence-corrected chi connectivity index (χ0v) is 31.2. The van der Waals surface area contributed by atoms with E-state index in [4.69, 9.17) is 16.2 Å². The smallest absolute Gasteiger partial charge is 0.397 e. The molecule has 0 aliphatic carbocycles. The van der Waals surface area contributed by atoms with Gasteiger partial charge in [-0.2, -0.15) is 31.8 Å². The van der Waals surface area contributed by atoms with Gasteiger partial charge in [0.1, 0.15) is 16.3 Å². The minimum absolute atomic E-state index is 0.0375. The molecule has 5 aromatic rings. The molecule has 4 aromatic carbocycles. The molecule has 0 aliphatic rings. The summed E-state index contributed by atoms with van der Waals surface area (Å²) in [5.41, 5.74) is -0.548. The zero-order chi connectivity index (χ0) is 40.8. The first-order chi connectivity index (χ1) is 26.4. The third-order valence-corrected chi connectivity index (χ3v) is 10.9. The highest BCUT2D eigenvalue weighted by molar-refractivity contribution is 8.30. The van der Waals surface area contributed by atoms with Crippen molar-refractivity contribution in [3.05, 3.63) is 96.8 Å². The Labute approximate surface area is 323 Å². The molecule has 0 saturated carbocycles. The molecule has 0 amide bonds. The maximum atomic E-state index is 12.3. The molecule has 292 valence electrons. The number of phenolic OH excluding ortho intramolecular Hbond substituents is 1. The largest absolute Gasteiger partial charge is 0.505 e. The number of hydrogen-bond donors (Lipinski definition) is 5. The Morgan fingerprint density at radius 3 is 2.04 bits per heavy atom. The third-order valence-electron chi connectivity index (χ3n) is 6.94. The van der Waals surface area contributed by atoms with Crippen molar-refractivity contribution in [2.45, 2.75) is 14.7 Å². The van der Waals surface area contributed by atoms with Crippen LogP contribution >= 0.6 is 33.9 Å². The zero-order valence-electron chi connectivity index (χ0n) is 27.2. The number of nitroso groups, excluding NO2 is 3. The Balaban J connectivity index is 1.52. The molecule has 5 rings (SSSR count). The first-order valence-electron chi connectivity index (χ1n) is 14.6. The molecule has 56 heavy (non-hydrogen) atoms. The number of halogens is 1. The first-order valence-corrected chi connectivity index (χ1v) is 20.3. The molecular formula is C27H20ClN11O13S4. The molecule has 0 atom stereocenters. The van der Waals surface area contributed by atoms with E-state index in [1.54, 1.807) is 0 Å². The summed E-state index contributed by atoms with van der Waals surface area (Å²) in [4.78, 5) is 56.5. The minimum atomic E-state index is -4.89. The fourth-order valence-electron chi connectivity index (χ4n) is 4.58. The summed E-state index contributed by atoms with van der Waals surface area (Å²) in [6.45, 7) is -0.446. The quantitative estimate of drug-likeness (QED) is 0.0114. The van der Waals surface area contributed by atoms with E-state index in [1.807, 2.05) is 0 Å². The maximum Gasteiger partial charge on any atom is 0.397 e. The SMILES string of the molecule is O=NS(N=O)(N=O)c1ccc2c(N=Nc3ccc([N+](=O)[O-])cc3O)ccc(Nc3nc(Cl)nc(Nc4ccc(SCCOS(=O)(=O)O)cc4S(=O)(=O)O)n3)c2c1. The van der Waals surface area contributed by atoms with Crippen molar-refractivity contribution in [1.29, 1.82) is 0 Å². The Morgan fingerprint density at radius 2 is 1.43 bits per heavy atom. The van der Waals surface area contributed by atoms with E-state index in [0.29, 0.717) is 0 Å². The second kappa shape index (κ2) is 16.9. The Bertz CT molecular complexity index is 2640. The van der Waals surface area contributed by atoms with E-state index >= 15 is 0 Å². The van der Waals surface area contributed by atoms with Gasteiger partial charge in [-0.25, -0.2) is 4.18 Å². The van der Waals surface area contributed by atoms with Gasteiger partial charge in [0.15, 0.2) is 10.6 Å². The second-order valence-electron chi connectivity index (χ2n) is 10.4. The number of rotatable bonds is 17. The number of thioether (sulfide) groups is 1. The van der Waals surface area contributed by atoms with Crippen LogP contribution in [0, 0.1) is 24.8 Å². The molecule has 0 bridgehead atoms. The van der Waals surface area contributed by atoms with Crippen LogP contribution < -0.4 is 10.6 Å². The van der Waals surface area contributed by atoms with Crippen LogP contribution in [0.2, 0.25) is 5.28 Å². The highest BCUT2D eigenvalue weighted by atomic mass is 35.5. The van der Waals surface area contributed by atoms with Crippen molar-refractivity contribution >= 4 is 106 Å². The highest BCUT2D eigenvalue weighted by Gasteiger charge is 2.32. The van der Waals surface area contributed by atoms with E-state index in [9.17, 15) is 51.3 Å². The average Bonchev–Trinajstić information content (AvgIpc) is 3.14. The van der Waals surface area contributed by atoms with Gasteiger partial charge in [-0.1, -0.05) is 6.07 Å². The predicted molar refractivity (Wildman–Crippen MR) is 202 cm³/mol. The van der Waals surface area contributed by atoms with Crippen LogP contribution in [0.1, 0.15) is 0 Å². The molecule has 29 heteroatoms. The predicted octanol–water partition coefficient (Wildman–Crippen LogP) is 7.56. The van der Waals surface area contributed by atoms with Crippen LogP contribution in [-0.4, -0.2) is 63.3 Å². The summed E-state index contributed by atoms with van der Waals surface area (Å²) >= 11 is 7.09. The summed E-state index contributed by atoms with van der Waals surface area (Å²) in [6, 6.07) is 13.3. The number of anilines is 4. The number of nitrogens with zero attached hydrogens (tertiary/aromatic N) is 9. The van der Waals surface area contributed by atoms with Crippen LogP contribution in [0.25, 0.3) is 10.8 Å². The molecule has 0 radical (unpaired) electrons. The second-order valence-corrected chi connectivity index (χ2v) is 16.4. The fraction of sp³-hybridized carbons (Fsp3) is 0.0741. The molecule has 0 saturated heterocycles. The lowest BCUT2D eigenvalue weighted by Gasteiger charge is -2.17. The number of phenols is 1. The van der Waals surface area contributed by atoms with Crippen molar-refractivity contribution in [3.63, 3.8) is 0 Å². The van der Waals surface area contributed by atoms with Crippen molar-refractivity contribution in [2.24, 2.45) is 24.0 Å². The van der Waals surface area contributed by atoms with Crippen LogP contribution in [0.4, 0.5) is 40.3 Å². The van der Waals surface area contributed by atoms with E-state index in [2.05, 4.69) is 53.7 Å². The summed E-state index contributed by atoms with van der Waals surface area (Å²) in [5, 5.41) is 34.7. The van der Waals surface area contributed by atoms with E-state index < -0.39 is 64.2 Å². The van der Waals surface area contributed by atoms with Gasteiger partial charge in [0.2, 0.25) is 17.2 Å². The third kappa shape index (κ3) is 9.86. The van der Waals surface area contributed by atoms with Crippen molar-refractivity contribution < 1.29 is 40.2 Å². The fourth-order valence-corrected chi connectivity index (χ4v) is 7.52. The van der Waals surface area contributed by atoms with Crippen molar-refractivity contribution in [3.8, 4) is 5.75 Å². The molecule has 0 spiro atoms. The molecular weight excluding hydrogens is 850 g/mol. The van der Waals surface area contributed by atoms with Crippen LogP contribution in [0.3, 0.4) is 0 Å². The standard InChI is InChI=1S/C27H20ClN11O13S4/c28-25-31-26(33-27(32-25)30-22-6-2-15(12-24(22)55(46,47)48)53-10-9-52-56(49,50)51)29-19-7-8-20(34-35-21-5-1-14(39(44)45)11-23(21)40)17-4-3-16(13-18(17)19)54(36-41,37-42)38-43/h1-8,11-13,40H,9-10H2,(H,46,47,48)(H,49,50,51)(H2,29,30,31,32,33). The van der Waals surface area contributed by atoms with Crippen molar-refractivity contribution in [1.82, 2.24) is 15.0 Å².